The third-order valence-electron chi connectivity index (χ3n) is 4.01. The van der Waals surface area contributed by atoms with Crippen LogP contribution in [0.3, 0.4) is 0 Å². The Morgan fingerprint density at radius 2 is 1.48 bits per heavy atom. The van der Waals surface area contributed by atoms with E-state index in [1.807, 2.05) is 0 Å². The fraction of sp³-hybridized carbons (Fsp3) is 0.0952. The summed E-state index contributed by atoms with van der Waals surface area (Å²) in [4.78, 5) is 28.5. The molecule has 2 amide bonds. The lowest BCUT2D eigenvalue weighted by Gasteiger charge is -2.08. The van der Waals surface area contributed by atoms with Crippen LogP contribution in [0.5, 0.6) is 0 Å². The van der Waals surface area contributed by atoms with Crippen molar-refractivity contribution in [1.82, 2.24) is 10.3 Å². The molecule has 0 atom stereocenters. The van der Waals surface area contributed by atoms with Crippen LogP contribution in [-0.2, 0) is 6.42 Å². The number of pyridine rings is 1. The Morgan fingerprint density at radius 1 is 0.828 bits per heavy atom. The van der Waals surface area contributed by atoms with Gasteiger partial charge in [0.05, 0.1) is 5.69 Å². The van der Waals surface area contributed by atoms with Gasteiger partial charge in [-0.15, -0.1) is 0 Å². The number of carbonyl (C=O) groups is 2. The van der Waals surface area contributed by atoms with E-state index in [0.29, 0.717) is 19.0 Å². The lowest BCUT2D eigenvalue weighted by Crippen LogP contribution is -2.27. The fourth-order valence-corrected chi connectivity index (χ4v) is 2.53. The topological polar surface area (TPSA) is 71.1 Å². The van der Waals surface area contributed by atoms with Crippen LogP contribution in [0.4, 0.5) is 18.9 Å². The van der Waals surface area contributed by atoms with E-state index in [0.717, 1.165) is 17.7 Å². The van der Waals surface area contributed by atoms with Gasteiger partial charge in [-0.05, 0) is 48.4 Å². The molecule has 1 aromatic heterocycles. The second kappa shape index (κ2) is 9.01. The first-order valence-electron chi connectivity index (χ1n) is 8.68. The third-order valence-corrected chi connectivity index (χ3v) is 4.01. The molecule has 0 bridgehead atoms. The van der Waals surface area contributed by atoms with Gasteiger partial charge in [-0.1, -0.05) is 18.2 Å². The first-order chi connectivity index (χ1) is 13.9. The number of nitrogens with zero attached hydrogens (tertiary/aromatic N) is 1. The molecule has 3 rings (SSSR count). The van der Waals surface area contributed by atoms with Crippen LogP contribution in [0, 0.1) is 17.5 Å². The molecular formula is C21H16F3N3O2. The molecule has 5 nitrogen and oxygen atoms in total. The second-order valence-electron chi connectivity index (χ2n) is 6.12. The highest BCUT2D eigenvalue weighted by atomic mass is 19.1. The Balaban J connectivity index is 1.61. The lowest BCUT2D eigenvalue weighted by molar-refractivity contribution is 0.0949. The highest BCUT2D eigenvalue weighted by Gasteiger charge is 2.14. The minimum atomic E-state index is -0.923. The number of rotatable bonds is 6. The van der Waals surface area contributed by atoms with Gasteiger partial charge in [-0.2, -0.15) is 0 Å². The normalized spacial score (nSPS) is 10.4. The van der Waals surface area contributed by atoms with Crippen molar-refractivity contribution in [2.24, 2.45) is 0 Å². The Morgan fingerprint density at radius 3 is 2.17 bits per heavy atom. The van der Waals surface area contributed by atoms with Crippen molar-refractivity contribution >= 4 is 17.5 Å². The summed E-state index contributed by atoms with van der Waals surface area (Å²) in [6.45, 7) is 0.295. The molecule has 0 aliphatic carbocycles. The van der Waals surface area contributed by atoms with E-state index in [-0.39, 0.29) is 22.9 Å². The number of nitrogens with one attached hydrogen (secondary N) is 2. The standard InChI is InChI=1S/C21H16F3N3O2/c22-14-6-4-13(5-7-14)10-11-25-20(28)18-2-1-3-19(26-18)21(29)27-17-9-8-15(23)12-16(17)24/h1-9,12H,10-11H2,(H,25,28)(H,27,29). The summed E-state index contributed by atoms with van der Waals surface area (Å²) in [6, 6.07) is 12.9. The summed E-state index contributed by atoms with van der Waals surface area (Å²) in [6.07, 6.45) is 0.496. The summed E-state index contributed by atoms with van der Waals surface area (Å²) < 4.78 is 39.5. The molecule has 148 valence electrons. The van der Waals surface area contributed by atoms with Crippen LogP contribution >= 0.6 is 0 Å². The molecule has 8 heteroatoms. The van der Waals surface area contributed by atoms with Crippen LogP contribution in [0.1, 0.15) is 26.5 Å². The second-order valence-corrected chi connectivity index (χ2v) is 6.12. The van der Waals surface area contributed by atoms with Gasteiger partial charge in [0.2, 0.25) is 0 Å². The number of amides is 2. The Labute approximate surface area is 164 Å². The summed E-state index contributed by atoms with van der Waals surface area (Å²) in [7, 11) is 0. The van der Waals surface area contributed by atoms with E-state index >= 15 is 0 Å². The molecule has 29 heavy (non-hydrogen) atoms. The number of carbonyl (C=O) groups excluding carboxylic acids is 2. The SMILES string of the molecule is O=C(NCCc1ccc(F)cc1)c1cccc(C(=O)Nc2ccc(F)cc2F)n1. The number of hydrogen-bond acceptors (Lipinski definition) is 3. The van der Waals surface area contributed by atoms with Crippen molar-refractivity contribution in [3.8, 4) is 0 Å². The third kappa shape index (κ3) is 5.41. The van der Waals surface area contributed by atoms with E-state index in [1.165, 1.54) is 30.3 Å². The van der Waals surface area contributed by atoms with Crippen molar-refractivity contribution in [1.29, 1.82) is 0 Å². The number of anilines is 1. The molecule has 3 aromatic rings. The van der Waals surface area contributed by atoms with Gasteiger partial charge < -0.3 is 10.6 Å². The first-order valence-corrected chi connectivity index (χ1v) is 8.68. The molecule has 0 radical (unpaired) electrons. The van der Waals surface area contributed by atoms with Crippen molar-refractivity contribution in [2.45, 2.75) is 6.42 Å². The number of hydrogen-bond donors (Lipinski definition) is 2. The molecule has 0 fully saturated rings. The van der Waals surface area contributed by atoms with E-state index in [4.69, 9.17) is 0 Å². The van der Waals surface area contributed by atoms with Crippen LogP contribution in [0.15, 0.2) is 60.7 Å². The van der Waals surface area contributed by atoms with Crippen LogP contribution < -0.4 is 10.6 Å². The predicted octanol–water partition coefficient (Wildman–Crippen LogP) is 3.72. The largest absolute Gasteiger partial charge is 0.350 e. The summed E-state index contributed by atoms with van der Waals surface area (Å²) in [5.74, 6) is -3.25. The van der Waals surface area contributed by atoms with Crippen molar-refractivity contribution in [3.63, 3.8) is 0 Å². The molecule has 0 saturated heterocycles. The zero-order chi connectivity index (χ0) is 20.8. The average molecular weight is 399 g/mol. The van der Waals surface area contributed by atoms with Gasteiger partial charge in [-0.3, -0.25) is 9.59 Å². The molecule has 0 aliphatic rings. The van der Waals surface area contributed by atoms with Gasteiger partial charge in [-0.25, -0.2) is 18.2 Å². The van der Waals surface area contributed by atoms with Crippen LogP contribution in [0.2, 0.25) is 0 Å². The highest BCUT2D eigenvalue weighted by molar-refractivity contribution is 6.03. The van der Waals surface area contributed by atoms with E-state index in [1.54, 1.807) is 12.1 Å². The van der Waals surface area contributed by atoms with E-state index in [2.05, 4.69) is 15.6 Å². The molecule has 1 heterocycles. The maximum absolute atomic E-state index is 13.7. The van der Waals surface area contributed by atoms with Crippen molar-refractivity contribution < 1.29 is 22.8 Å². The Kier molecular flexibility index (Phi) is 6.23. The van der Waals surface area contributed by atoms with Gasteiger partial charge in [0.1, 0.15) is 28.8 Å². The van der Waals surface area contributed by atoms with Crippen molar-refractivity contribution in [3.05, 3.63) is 95.1 Å². The number of benzene rings is 2. The van der Waals surface area contributed by atoms with Crippen LogP contribution in [0.25, 0.3) is 0 Å². The first kappa shape index (κ1) is 20.1. The molecule has 0 saturated carbocycles. The average Bonchev–Trinajstić information content (AvgIpc) is 2.71. The lowest BCUT2D eigenvalue weighted by atomic mass is 10.1. The quantitative estimate of drug-likeness (QED) is 0.664. The van der Waals surface area contributed by atoms with Crippen molar-refractivity contribution in [2.75, 3.05) is 11.9 Å². The van der Waals surface area contributed by atoms with Crippen LogP contribution in [-0.4, -0.2) is 23.3 Å². The highest BCUT2D eigenvalue weighted by Crippen LogP contribution is 2.16. The summed E-state index contributed by atoms with van der Waals surface area (Å²) in [5, 5.41) is 4.95. The van der Waals surface area contributed by atoms with E-state index < -0.39 is 23.4 Å². The van der Waals surface area contributed by atoms with Gasteiger partial charge in [0, 0.05) is 12.6 Å². The predicted molar refractivity (Wildman–Crippen MR) is 101 cm³/mol. The fourth-order valence-electron chi connectivity index (χ4n) is 2.53. The Bertz CT molecular complexity index is 1040. The zero-order valence-electron chi connectivity index (χ0n) is 15.1. The Hall–Kier alpha value is -3.68. The molecule has 2 N–H and O–H groups in total. The number of aromatic nitrogens is 1. The van der Waals surface area contributed by atoms with Gasteiger partial charge in [0.15, 0.2) is 0 Å². The number of halogens is 3. The molecular weight excluding hydrogens is 383 g/mol. The summed E-state index contributed by atoms with van der Waals surface area (Å²) >= 11 is 0. The molecule has 0 aliphatic heterocycles. The summed E-state index contributed by atoms with van der Waals surface area (Å²) in [5.41, 5.74) is 0.567. The van der Waals surface area contributed by atoms with Gasteiger partial charge in [0.25, 0.3) is 11.8 Å². The smallest absolute Gasteiger partial charge is 0.274 e. The minimum Gasteiger partial charge on any atom is -0.350 e. The minimum absolute atomic E-state index is 0.0105. The maximum atomic E-state index is 13.7. The molecule has 0 unspecified atom stereocenters. The van der Waals surface area contributed by atoms with E-state index in [9.17, 15) is 22.8 Å². The molecule has 0 spiro atoms. The van der Waals surface area contributed by atoms with Gasteiger partial charge >= 0.3 is 0 Å². The zero-order valence-corrected chi connectivity index (χ0v) is 15.1. The maximum Gasteiger partial charge on any atom is 0.274 e. The molecule has 2 aromatic carbocycles. The monoisotopic (exact) mass is 399 g/mol.